The Morgan fingerprint density at radius 3 is 2.56 bits per heavy atom. The van der Waals surface area contributed by atoms with E-state index in [2.05, 4.69) is 5.32 Å². The van der Waals surface area contributed by atoms with Gasteiger partial charge in [0.05, 0.1) is 6.04 Å². The zero-order valence-corrected chi connectivity index (χ0v) is 11.8. The van der Waals surface area contributed by atoms with E-state index in [1.54, 1.807) is 32.5 Å². The van der Waals surface area contributed by atoms with Crippen LogP contribution in [0.2, 0.25) is 0 Å². The van der Waals surface area contributed by atoms with E-state index in [1.807, 2.05) is 6.26 Å². The van der Waals surface area contributed by atoms with E-state index in [0.717, 1.165) is 12.2 Å². The van der Waals surface area contributed by atoms with Gasteiger partial charge in [-0.25, -0.2) is 4.79 Å². The minimum Gasteiger partial charge on any atom is -0.444 e. The molecule has 6 heteroatoms. The maximum Gasteiger partial charge on any atom is 0.412 e. The molecule has 0 aliphatic rings. The van der Waals surface area contributed by atoms with Crippen LogP contribution in [0.25, 0.3) is 0 Å². The predicted octanol–water partition coefficient (Wildman–Crippen LogP) is 1.92. The molecule has 16 heavy (non-hydrogen) atoms. The van der Waals surface area contributed by atoms with Crippen LogP contribution in [-0.4, -0.2) is 34.7 Å². The first-order valence-corrected chi connectivity index (χ1v) is 6.85. The lowest BCUT2D eigenvalue weighted by atomic mass is 10.2. The average Bonchev–Trinajstić information content (AvgIpc) is 2.10. The summed E-state index contributed by atoms with van der Waals surface area (Å²) in [6.45, 7) is 5.38. The summed E-state index contributed by atoms with van der Waals surface area (Å²) < 4.78 is 5.06. The van der Waals surface area contributed by atoms with E-state index in [4.69, 9.17) is 22.7 Å². The number of ether oxygens (including phenoxy) is 1. The topological polar surface area (TPSA) is 64.3 Å². The Balaban J connectivity index is 3.99. The molecule has 0 unspecified atom stereocenters. The van der Waals surface area contributed by atoms with Gasteiger partial charge in [-0.1, -0.05) is 12.2 Å². The van der Waals surface area contributed by atoms with Gasteiger partial charge in [0.1, 0.15) is 10.6 Å². The molecule has 0 aliphatic heterocycles. The van der Waals surface area contributed by atoms with Gasteiger partial charge in [-0.05, 0) is 39.2 Å². The Bertz CT molecular complexity index is 252. The lowest BCUT2D eigenvalue weighted by Crippen LogP contribution is -2.44. The van der Waals surface area contributed by atoms with Gasteiger partial charge in [0, 0.05) is 0 Å². The van der Waals surface area contributed by atoms with Crippen molar-refractivity contribution in [3.63, 3.8) is 0 Å². The highest BCUT2D eigenvalue weighted by atomic mass is 32.2. The molecule has 0 aliphatic carbocycles. The molecule has 4 nitrogen and oxygen atoms in total. The molecule has 0 rings (SSSR count). The maximum absolute atomic E-state index is 11.4. The Morgan fingerprint density at radius 1 is 1.56 bits per heavy atom. The van der Waals surface area contributed by atoms with Gasteiger partial charge in [-0.15, -0.1) is 0 Å². The van der Waals surface area contributed by atoms with Gasteiger partial charge >= 0.3 is 6.09 Å². The van der Waals surface area contributed by atoms with E-state index in [-0.39, 0.29) is 6.04 Å². The van der Waals surface area contributed by atoms with Gasteiger partial charge in [0.25, 0.3) is 0 Å². The van der Waals surface area contributed by atoms with Crippen molar-refractivity contribution in [3.05, 3.63) is 0 Å². The van der Waals surface area contributed by atoms with Crippen LogP contribution in [0.15, 0.2) is 0 Å². The molecule has 0 radical (unpaired) electrons. The summed E-state index contributed by atoms with van der Waals surface area (Å²) in [6, 6.07) is -0.296. The van der Waals surface area contributed by atoms with Crippen LogP contribution in [-0.2, 0) is 4.74 Å². The molecule has 0 bridgehead atoms. The molecule has 0 fully saturated rings. The molecular weight excluding hydrogens is 244 g/mol. The number of amides is 1. The second-order valence-electron chi connectivity index (χ2n) is 4.38. The molecule has 94 valence electrons. The fourth-order valence-corrected chi connectivity index (χ4v) is 1.56. The molecular formula is C10H20N2O2S2. The smallest absolute Gasteiger partial charge is 0.412 e. The molecule has 3 N–H and O–H groups in total. The first-order chi connectivity index (χ1) is 7.26. The Morgan fingerprint density at radius 2 is 2.12 bits per heavy atom. The van der Waals surface area contributed by atoms with Crippen molar-refractivity contribution >= 4 is 35.1 Å². The monoisotopic (exact) mass is 264 g/mol. The van der Waals surface area contributed by atoms with Crippen LogP contribution >= 0.6 is 24.0 Å². The van der Waals surface area contributed by atoms with Crippen molar-refractivity contribution in [2.45, 2.75) is 38.8 Å². The highest BCUT2D eigenvalue weighted by molar-refractivity contribution is 7.98. The SMILES string of the molecule is CSCC[C@H](N)C(=S)NC(=O)OC(C)(C)C. The van der Waals surface area contributed by atoms with Crippen molar-refractivity contribution in [2.75, 3.05) is 12.0 Å². The molecule has 0 heterocycles. The summed E-state index contributed by atoms with van der Waals surface area (Å²) >= 11 is 6.70. The summed E-state index contributed by atoms with van der Waals surface area (Å²) in [7, 11) is 0. The lowest BCUT2D eigenvalue weighted by Gasteiger charge is -2.21. The Hall–Kier alpha value is -0.330. The molecule has 0 saturated heterocycles. The van der Waals surface area contributed by atoms with Crippen molar-refractivity contribution < 1.29 is 9.53 Å². The number of nitrogens with two attached hydrogens (primary N) is 1. The van der Waals surface area contributed by atoms with Gasteiger partial charge < -0.3 is 10.5 Å². The van der Waals surface area contributed by atoms with E-state index < -0.39 is 11.7 Å². The third-order valence-electron chi connectivity index (χ3n) is 1.59. The summed E-state index contributed by atoms with van der Waals surface area (Å²) in [5.74, 6) is 0.914. The molecule has 0 aromatic heterocycles. The zero-order chi connectivity index (χ0) is 12.8. The third kappa shape index (κ3) is 7.90. The molecule has 0 spiro atoms. The maximum atomic E-state index is 11.4. The molecule has 1 atom stereocenters. The van der Waals surface area contributed by atoms with Crippen molar-refractivity contribution in [2.24, 2.45) is 5.73 Å². The first kappa shape index (κ1) is 15.7. The normalized spacial score (nSPS) is 13.1. The number of thioether (sulfide) groups is 1. The highest BCUT2D eigenvalue weighted by Gasteiger charge is 2.18. The summed E-state index contributed by atoms with van der Waals surface area (Å²) in [4.78, 5) is 11.7. The summed E-state index contributed by atoms with van der Waals surface area (Å²) in [5, 5.41) is 2.48. The fraction of sp³-hybridized carbons (Fsp3) is 0.800. The zero-order valence-electron chi connectivity index (χ0n) is 10.2. The number of rotatable bonds is 4. The van der Waals surface area contributed by atoms with Crippen LogP contribution in [0.3, 0.4) is 0 Å². The highest BCUT2D eigenvalue weighted by Crippen LogP contribution is 2.07. The van der Waals surface area contributed by atoms with Crippen LogP contribution in [0.5, 0.6) is 0 Å². The summed E-state index contributed by atoms with van der Waals surface area (Å²) in [5.41, 5.74) is 5.27. The molecule has 0 saturated carbocycles. The number of hydrogen-bond donors (Lipinski definition) is 2. The van der Waals surface area contributed by atoms with Crippen molar-refractivity contribution in [1.29, 1.82) is 0 Å². The number of thiocarbonyl (C=S) groups is 1. The van der Waals surface area contributed by atoms with Crippen LogP contribution in [0.1, 0.15) is 27.2 Å². The van der Waals surface area contributed by atoms with Crippen LogP contribution in [0.4, 0.5) is 4.79 Å². The number of carbonyl (C=O) groups excluding carboxylic acids is 1. The van der Waals surface area contributed by atoms with Crippen molar-refractivity contribution in [1.82, 2.24) is 5.32 Å². The number of alkyl carbamates (subject to hydrolysis) is 1. The van der Waals surface area contributed by atoms with Gasteiger partial charge in [-0.2, -0.15) is 11.8 Å². The van der Waals surface area contributed by atoms with Gasteiger partial charge in [0.15, 0.2) is 0 Å². The fourth-order valence-electron chi connectivity index (χ4n) is 0.873. The van der Waals surface area contributed by atoms with Gasteiger partial charge in [0.2, 0.25) is 0 Å². The quantitative estimate of drug-likeness (QED) is 0.760. The molecule has 1 amide bonds. The first-order valence-electron chi connectivity index (χ1n) is 5.04. The number of carbonyl (C=O) groups is 1. The van der Waals surface area contributed by atoms with E-state index in [1.165, 1.54) is 0 Å². The second kappa shape index (κ2) is 7.09. The van der Waals surface area contributed by atoms with E-state index in [0.29, 0.717) is 4.99 Å². The molecule has 0 aromatic carbocycles. The third-order valence-corrected chi connectivity index (χ3v) is 2.64. The number of nitrogens with one attached hydrogen (secondary N) is 1. The van der Waals surface area contributed by atoms with Crippen LogP contribution < -0.4 is 11.1 Å². The average molecular weight is 264 g/mol. The van der Waals surface area contributed by atoms with E-state index >= 15 is 0 Å². The minimum atomic E-state index is -0.544. The van der Waals surface area contributed by atoms with Crippen LogP contribution in [0, 0.1) is 0 Å². The largest absolute Gasteiger partial charge is 0.444 e. The lowest BCUT2D eigenvalue weighted by molar-refractivity contribution is 0.0563. The Kier molecular flexibility index (Phi) is 6.94. The number of hydrogen-bond acceptors (Lipinski definition) is 5. The summed E-state index contributed by atoms with van der Waals surface area (Å²) in [6.07, 6.45) is 2.20. The van der Waals surface area contributed by atoms with Crippen molar-refractivity contribution in [3.8, 4) is 0 Å². The Labute approximate surface area is 107 Å². The van der Waals surface area contributed by atoms with Gasteiger partial charge in [-0.3, -0.25) is 5.32 Å². The standard InChI is InChI=1S/C10H20N2O2S2/c1-10(2,3)14-9(13)12-8(15)7(11)5-6-16-4/h7H,5-6,11H2,1-4H3,(H,12,13,15)/t7-/m0/s1. The minimum absolute atomic E-state index is 0.296. The predicted molar refractivity (Wildman–Crippen MR) is 72.9 cm³/mol. The second-order valence-corrected chi connectivity index (χ2v) is 5.80. The van der Waals surface area contributed by atoms with E-state index in [9.17, 15) is 4.79 Å². The molecule has 0 aromatic rings.